The van der Waals surface area contributed by atoms with Crippen molar-refractivity contribution in [1.29, 1.82) is 0 Å². The number of nitrogens with zero attached hydrogens (tertiary/aromatic N) is 1. The Balaban J connectivity index is 1.99. The average molecular weight is 431 g/mol. The zero-order chi connectivity index (χ0) is 20.2. The number of carbonyl (C=O) groups excluding carboxylic acids is 2. The Kier molecular flexibility index (Phi) is 6.99. The first-order chi connectivity index (χ1) is 12.6. The van der Waals surface area contributed by atoms with Crippen LogP contribution in [0.2, 0.25) is 4.34 Å². The summed E-state index contributed by atoms with van der Waals surface area (Å²) < 4.78 is 31.1. The summed E-state index contributed by atoms with van der Waals surface area (Å²) in [5.41, 5.74) is 1.000. The summed E-state index contributed by atoms with van der Waals surface area (Å²) in [6.45, 7) is 1.44. The van der Waals surface area contributed by atoms with Crippen molar-refractivity contribution in [2.24, 2.45) is 0 Å². The van der Waals surface area contributed by atoms with Crippen LogP contribution in [-0.4, -0.2) is 44.8 Å². The first kappa shape index (κ1) is 21.4. The van der Waals surface area contributed by atoms with E-state index in [4.69, 9.17) is 16.3 Å². The molecule has 0 fully saturated rings. The smallest absolute Gasteiger partial charge is 0.311 e. The van der Waals surface area contributed by atoms with Crippen LogP contribution in [0.15, 0.2) is 40.6 Å². The molecule has 1 heterocycles. The second-order valence-corrected chi connectivity index (χ2v) is 9.57. The highest BCUT2D eigenvalue weighted by atomic mass is 35.5. The molecule has 1 unspecified atom stereocenters. The van der Waals surface area contributed by atoms with Gasteiger partial charge in [-0.05, 0) is 42.1 Å². The summed E-state index contributed by atoms with van der Waals surface area (Å²) in [5, 5.41) is 4.29. The molecule has 0 aliphatic carbocycles. The molecule has 10 heteroatoms. The number of anilines is 1. The van der Waals surface area contributed by atoms with Crippen molar-refractivity contribution in [2.75, 3.05) is 19.4 Å². The molecule has 1 amide bonds. The van der Waals surface area contributed by atoms with Gasteiger partial charge in [-0.1, -0.05) is 17.7 Å². The fraction of sp³-hybridized carbons (Fsp3) is 0.294. The lowest BCUT2D eigenvalue weighted by Crippen LogP contribution is -2.30. The van der Waals surface area contributed by atoms with Gasteiger partial charge in [0.05, 0.1) is 15.7 Å². The van der Waals surface area contributed by atoms with Crippen molar-refractivity contribution in [2.45, 2.75) is 24.3 Å². The molecule has 2 rings (SSSR count). The molecule has 0 radical (unpaired) electrons. The SMILES string of the molecule is CC(OC(=O)Cc1csc(Cl)c1)C(=O)Nc1cccc(S(=O)(=O)N(C)C)c1. The number of ether oxygens (including phenoxy) is 1. The van der Waals surface area contributed by atoms with E-state index >= 15 is 0 Å². The molecule has 0 spiro atoms. The number of sulfonamides is 1. The topological polar surface area (TPSA) is 92.8 Å². The van der Waals surface area contributed by atoms with Crippen LogP contribution in [0.1, 0.15) is 12.5 Å². The van der Waals surface area contributed by atoms with E-state index < -0.39 is 28.0 Å². The van der Waals surface area contributed by atoms with Gasteiger partial charge in [-0.3, -0.25) is 9.59 Å². The predicted molar refractivity (Wildman–Crippen MR) is 105 cm³/mol. The van der Waals surface area contributed by atoms with Crippen LogP contribution < -0.4 is 5.32 Å². The summed E-state index contributed by atoms with van der Waals surface area (Å²) in [5.74, 6) is -1.12. The van der Waals surface area contributed by atoms with Gasteiger partial charge in [0.2, 0.25) is 10.0 Å². The second kappa shape index (κ2) is 8.83. The summed E-state index contributed by atoms with van der Waals surface area (Å²) in [6, 6.07) is 7.50. The van der Waals surface area contributed by atoms with Crippen LogP contribution in [0.3, 0.4) is 0 Å². The Labute approximate surface area is 166 Å². The van der Waals surface area contributed by atoms with Crippen LogP contribution >= 0.6 is 22.9 Å². The Morgan fingerprint density at radius 2 is 2.00 bits per heavy atom. The average Bonchev–Trinajstić information content (AvgIpc) is 2.99. The molecule has 1 atom stereocenters. The van der Waals surface area contributed by atoms with Gasteiger partial charge < -0.3 is 10.1 Å². The zero-order valence-electron chi connectivity index (χ0n) is 14.9. The van der Waals surface area contributed by atoms with E-state index in [1.54, 1.807) is 17.5 Å². The largest absolute Gasteiger partial charge is 0.452 e. The van der Waals surface area contributed by atoms with Gasteiger partial charge in [0.1, 0.15) is 0 Å². The normalized spacial score (nSPS) is 12.6. The van der Waals surface area contributed by atoms with Crippen molar-refractivity contribution in [3.63, 3.8) is 0 Å². The molecule has 1 aromatic heterocycles. The van der Waals surface area contributed by atoms with E-state index in [9.17, 15) is 18.0 Å². The monoisotopic (exact) mass is 430 g/mol. The summed E-state index contributed by atoms with van der Waals surface area (Å²) >= 11 is 7.12. The van der Waals surface area contributed by atoms with E-state index in [2.05, 4.69) is 5.32 Å². The number of halogens is 1. The molecule has 1 aromatic carbocycles. The van der Waals surface area contributed by atoms with Crippen molar-refractivity contribution in [3.8, 4) is 0 Å². The number of hydrogen-bond acceptors (Lipinski definition) is 6. The third kappa shape index (κ3) is 5.77. The third-order valence-electron chi connectivity index (χ3n) is 3.53. The molecule has 0 saturated heterocycles. The lowest BCUT2D eigenvalue weighted by atomic mass is 10.2. The van der Waals surface area contributed by atoms with Crippen molar-refractivity contribution in [1.82, 2.24) is 4.31 Å². The van der Waals surface area contributed by atoms with Crippen LogP contribution in [0.5, 0.6) is 0 Å². The van der Waals surface area contributed by atoms with Gasteiger partial charge in [-0.15, -0.1) is 11.3 Å². The Hall–Kier alpha value is -1.94. The second-order valence-electron chi connectivity index (χ2n) is 5.87. The van der Waals surface area contributed by atoms with Gasteiger partial charge >= 0.3 is 5.97 Å². The number of rotatable bonds is 7. The first-order valence-electron chi connectivity index (χ1n) is 7.85. The molecule has 7 nitrogen and oxygen atoms in total. The molecule has 2 aromatic rings. The lowest BCUT2D eigenvalue weighted by molar-refractivity contribution is -0.152. The van der Waals surface area contributed by atoms with Gasteiger partial charge in [-0.25, -0.2) is 12.7 Å². The Morgan fingerprint density at radius 1 is 1.30 bits per heavy atom. The number of hydrogen-bond donors (Lipinski definition) is 1. The minimum Gasteiger partial charge on any atom is -0.452 e. The lowest BCUT2D eigenvalue weighted by Gasteiger charge is -2.15. The standard InChI is InChI=1S/C17H19ClN2O5S2/c1-11(25-16(21)8-12-7-15(18)26-10-12)17(22)19-13-5-4-6-14(9-13)27(23,24)20(2)3/h4-7,9-11H,8H2,1-3H3,(H,19,22). The minimum absolute atomic E-state index is 0.0113. The van der Waals surface area contributed by atoms with Crippen LogP contribution in [0.4, 0.5) is 5.69 Å². The maximum Gasteiger partial charge on any atom is 0.311 e. The number of amides is 1. The Bertz CT molecular complexity index is 940. The van der Waals surface area contributed by atoms with Crippen molar-refractivity contribution in [3.05, 3.63) is 45.6 Å². The number of thiophene rings is 1. The molecule has 146 valence electrons. The molecule has 1 N–H and O–H groups in total. The number of carbonyl (C=O) groups is 2. The molecule has 0 saturated carbocycles. The number of benzene rings is 1. The molecule has 27 heavy (non-hydrogen) atoms. The molecule has 0 aliphatic rings. The predicted octanol–water partition coefficient (Wildman–Crippen LogP) is 2.76. The van der Waals surface area contributed by atoms with E-state index in [0.717, 1.165) is 4.31 Å². The highest BCUT2D eigenvalue weighted by Crippen LogP contribution is 2.21. The van der Waals surface area contributed by atoms with E-state index in [-0.39, 0.29) is 17.0 Å². The fourth-order valence-electron chi connectivity index (χ4n) is 2.09. The molecular formula is C17H19ClN2O5S2. The van der Waals surface area contributed by atoms with Gasteiger partial charge in [0, 0.05) is 19.8 Å². The van der Waals surface area contributed by atoms with Gasteiger partial charge in [-0.2, -0.15) is 0 Å². The maximum atomic E-state index is 12.2. The summed E-state index contributed by atoms with van der Waals surface area (Å²) in [4.78, 5) is 24.2. The minimum atomic E-state index is -3.62. The van der Waals surface area contributed by atoms with Gasteiger partial charge in [0.15, 0.2) is 6.10 Å². The van der Waals surface area contributed by atoms with Gasteiger partial charge in [0.25, 0.3) is 5.91 Å². The molecule has 0 bridgehead atoms. The quantitative estimate of drug-likeness (QED) is 0.682. The van der Waals surface area contributed by atoms with Crippen molar-refractivity contribution < 1.29 is 22.7 Å². The van der Waals surface area contributed by atoms with E-state index in [1.807, 2.05) is 0 Å². The highest BCUT2D eigenvalue weighted by Gasteiger charge is 2.21. The Morgan fingerprint density at radius 3 is 2.59 bits per heavy atom. The summed E-state index contributed by atoms with van der Waals surface area (Å²) in [7, 11) is -0.781. The molecule has 0 aliphatic heterocycles. The number of nitrogens with one attached hydrogen (secondary N) is 1. The highest BCUT2D eigenvalue weighted by molar-refractivity contribution is 7.89. The zero-order valence-corrected chi connectivity index (χ0v) is 17.3. The fourth-order valence-corrected chi connectivity index (χ4v) is 3.94. The van der Waals surface area contributed by atoms with E-state index in [1.165, 1.54) is 50.6 Å². The number of esters is 1. The first-order valence-corrected chi connectivity index (χ1v) is 10.5. The molecular weight excluding hydrogens is 412 g/mol. The van der Waals surface area contributed by atoms with Crippen molar-refractivity contribution >= 4 is 50.5 Å². The van der Waals surface area contributed by atoms with Crippen LogP contribution in [-0.2, 0) is 30.8 Å². The van der Waals surface area contributed by atoms with Crippen LogP contribution in [0.25, 0.3) is 0 Å². The maximum absolute atomic E-state index is 12.2. The van der Waals surface area contributed by atoms with Crippen LogP contribution in [0, 0.1) is 0 Å². The third-order valence-corrected chi connectivity index (χ3v) is 6.48. The van der Waals surface area contributed by atoms with E-state index in [0.29, 0.717) is 9.90 Å². The summed E-state index contributed by atoms with van der Waals surface area (Å²) in [6.07, 6.45) is -1.03.